The molecule has 1 aromatic carbocycles. The molecule has 0 saturated heterocycles. The van der Waals surface area contributed by atoms with Gasteiger partial charge in [-0.05, 0) is 78.7 Å². The molecule has 2 saturated carbocycles. The number of hydrogen-bond donors (Lipinski definition) is 4. The van der Waals surface area contributed by atoms with Gasteiger partial charge in [0.1, 0.15) is 5.82 Å². The topological polar surface area (TPSA) is 93.4 Å². The number of ether oxygens (including phenoxy) is 1. The molecule has 2 bridgehead atoms. The number of benzene rings is 1. The van der Waals surface area contributed by atoms with E-state index in [9.17, 15) is 24.8 Å². The number of hydrogen-bond acceptors (Lipinski definition) is 6. The molecule has 0 heterocycles. The minimum atomic E-state index is -1.43. The van der Waals surface area contributed by atoms with Gasteiger partial charge in [0, 0.05) is 24.6 Å². The van der Waals surface area contributed by atoms with Gasteiger partial charge in [0.2, 0.25) is 6.41 Å². The molecule has 200 valence electrons. The zero-order valence-corrected chi connectivity index (χ0v) is 22.2. The summed E-state index contributed by atoms with van der Waals surface area (Å²) in [6.07, 6.45) is 0.797. The van der Waals surface area contributed by atoms with E-state index in [-0.39, 0.29) is 29.8 Å². The van der Waals surface area contributed by atoms with Crippen molar-refractivity contribution in [3.05, 3.63) is 53.4 Å². The largest absolute Gasteiger partial charge is 0.392 e. The van der Waals surface area contributed by atoms with Crippen molar-refractivity contribution < 1.29 is 29.6 Å². The lowest BCUT2D eigenvalue weighted by molar-refractivity contribution is -0.165. The summed E-state index contributed by atoms with van der Waals surface area (Å²) >= 11 is 0. The number of fused-ring (bicyclic) bond motifs is 4. The molecular weight excluding hydrogens is 461 g/mol. The van der Waals surface area contributed by atoms with E-state index in [2.05, 4.69) is 20.8 Å². The molecule has 2 fully saturated rings. The average molecular weight is 504 g/mol. The van der Waals surface area contributed by atoms with E-state index in [0.717, 1.165) is 12.0 Å². The van der Waals surface area contributed by atoms with E-state index in [1.807, 2.05) is 26.0 Å². The molecule has 10 atom stereocenters. The van der Waals surface area contributed by atoms with Crippen LogP contribution < -0.4 is 4.90 Å². The lowest BCUT2D eigenvalue weighted by atomic mass is 9.69. The number of aliphatic hydroxyl groups is 4. The average Bonchev–Trinajstić information content (AvgIpc) is 3.43. The number of aliphatic hydroxyl groups excluding tert-OH is 4. The van der Waals surface area contributed by atoms with Crippen LogP contribution in [0.2, 0.25) is 0 Å². The van der Waals surface area contributed by atoms with Gasteiger partial charge in [-0.2, -0.15) is 0 Å². The number of anilines is 1. The van der Waals surface area contributed by atoms with Crippen molar-refractivity contribution in [3.8, 4) is 0 Å². The second-order valence-electron chi connectivity index (χ2n) is 11.7. The highest BCUT2D eigenvalue weighted by Gasteiger charge is 2.66. The van der Waals surface area contributed by atoms with Crippen molar-refractivity contribution in [1.82, 2.24) is 0 Å². The minimum absolute atomic E-state index is 0.0965. The maximum Gasteiger partial charge on any atom is 0.238 e. The highest BCUT2D eigenvalue weighted by Crippen LogP contribution is 2.68. The Morgan fingerprint density at radius 2 is 2.00 bits per heavy atom. The molecule has 0 radical (unpaired) electrons. The molecule has 0 spiro atoms. The SMILES string of the molecule is C/C=C(/C)[C@H](OC(O)N(C)c1cccc(F)c1)C1[C@@H]2C(O)[C@@H](C=C(CO)[C@H]1O)C1[C@@H](C[C@H]2C)C1(C)C. The highest BCUT2D eigenvalue weighted by atomic mass is 19.1. The Morgan fingerprint density at radius 1 is 1.31 bits per heavy atom. The molecule has 3 aliphatic carbocycles. The maximum absolute atomic E-state index is 13.8. The van der Waals surface area contributed by atoms with Crippen LogP contribution in [0.3, 0.4) is 0 Å². The predicted octanol–water partition coefficient (Wildman–Crippen LogP) is 3.70. The Bertz CT molecular complexity index is 1010. The van der Waals surface area contributed by atoms with Gasteiger partial charge in [0.05, 0.1) is 24.9 Å². The first-order chi connectivity index (χ1) is 16.9. The summed E-state index contributed by atoms with van der Waals surface area (Å²) in [6.45, 7) is 10.0. The molecule has 0 aliphatic heterocycles. The van der Waals surface area contributed by atoms with Crippen molar-refractivity contribution in [2.45, 2.75) is 65.8 Å². The lowest BCUT2D eigenvalue weighted by Crippen LogP contribution is -2.50. The van der Waals surface area contributed by atoms with Gasteiger partial charge >= 0.3 is 0 Å². The van der Waals surface area contributed by atoms with Crippen molar-refractivity contribution in [1.29, 1.82) is 0 Å². The van der Waals surface area contributed by atoms with Crippen molar-refractivity contribution in [2.75, 3.05) is 18.6 Å². The van der Waals surface area contributed by atoms with E-state index >= 15 is 0 Å². The molecule has 4 N–H and O–H groups in total. The monoisotopic (exact) mass is 503 g/mol. The van der Waals surface area contributed by atoms with E-state index in [4.69, 9.17) is 4.74 Å². The third kappa shape index (κ3) is 4.65. The van der Waals surface area contributed by atoms with Crippen molar-refractivity contribution in [3.63, 3.8) is 0 Å². The smallest absolute Gasteiger partial charge is 0.238 e. The molecule has 0 aromatic heterocycles. The molecule has 36 heavy (non-hydrogen) atoms. The van der Waals surface area contributed by atoms with E-state index in [0.29, 0.717) is 23.1 Å². The lowest BCUT2D eigenvalue weighted by Gasteiger charge is -2.43. The van der Waals surface area contributed by atoms with Crippen molar-refractivity contribution in [2.24, 2.45) is 40.9 Å². The van der Waals surface area contributed by atoms with E-state index < -0.39 is 36.5 Å². The standard InChI is InChI=1S/C29H42FNO5/c1-7-15(2)27(36-28(35)31(6)19-10-8-9-18(30)13-19)23-22-16(3)11-21-24(29(21,4)5)20(26(22)34)12-17(14-32)25(23)33/h7-10,12-13,16,20-28,32-35H,11,14H2,1-6H3/b15-7-/t16-,20+,21-,22-,23?,24?,25-,26?,27+,28?/m1/s1. The summed E-state index contributed by atoms with van der Waals surface area (Å²) in [5.74, 6) is -0.623. The van der Waals surface area contributed by atoms with Crippen molar-refractivity contribution >= 4 is 5.69 Å². The van der Waals surface area contributed by atoms with Crippen LogP contribution in [0, 0.1) is 46.7 Å². The molecule has 3 aliphatic rings. The van der Waals surface area contributed by atoms with Crippen LogP contribution in [0.15, 0.2) is 47.6 Å². The van der Waals surface area contributed by atoms with Gasteiger partial charge in [0.15, 0.2) is 0 Å². The summed E-state index contributed by atoms with van der Waals surface area (Å²) < 4.78 is 20.0. The molecule has 1 aromatic rings. The van der Waals surface area contributed by atoms with Gasteiger partial charge in [-0.25, -0.2) is 4.39 Å². The van der Waals surface area contributed by atoms with Crippen LogP contribution in [-0.2, 0) is 4.74 Å². The van der Waals surface area contributed by atoms with Gasteiger partial charge in [-0.3, -0.25) is 0 Å². The van der Waals surface area contributed by atoms with Crippen LogP contribution in [0.4, 0.5) is 10.1 Å². The summed E-state index contributed by atoms with van der Waals surface area (Å²) in [6, 6.07) is 5.88. The van der Waals surface area contributed by atoms with E-state index in [1.165, 1.54) is 17.0 Å². The van der Waals surface area contributed by atoms with Gasteiger partial charge in [0.25, 0.3) is 0 Å². The van der Waals surface area contributed by atoms with Crippen LogP contribution >= 0.6 is 0 Å². The Labute approximate surface area is 214 Å². The summed E-state index contributed by atoms with van der Waals surface area (Å²) in [5.41, 5.74) is 1.84. The zero-order chi connectivity index (χ0) is 26.5. The Balaban J connectivity index is 1.71. The van der Waals surface area contributed by atoms with Gasteiger partial charge in [-0.15, -0.1) is 0 Å². The first-order valence-electron chi connectivity index (χ1n) is 13.1. The molecule has 7 heteroatoms. The van der Waals surface area contributed by atoms with Crippen LogP contribution in [0.1, 0.15) is 41.0 Å². The third-order valence-corrected chi connectivity index (χ3v) is 9.47. The second kappa shape index (κ2) is 10.2. The Kier molecular flexibility index (Phi) is 7.71. The molecule has 4 unspecified atom stereocenters. The second-order valence-corrected chi connectivity index (χ2v) is 11.7. The minimum Gasteiger partial charge on any atom is -0.392 e. The Hall–Kier alpha value is -1.77. The first kappa shape index (κ1) is 27.3. The van der Waals surface area contributed by atoms with Gasteiger partial charge < -0.3 is 30.1 Å². The van der Waals surface area contributed by atoms with E-state index in [1.54, 1.807) is 19.2 Å². The van der Waals surface area contributed by atoms with Crippen LogP contribution in [0.5, 0.6) is 0 Å². The Morgan fingerprint density at radius 3 is 2.61 bits per heavy atom. The number of nitrogens with zero attached hydrogens (tertiary/aromatic N) is 1. The van der Waals surface area contributed by atoms with Crippen LogP contribution in [-0.4, -0.2) is 58.8 Å². The number of allylic oxidation sites excluding steroid dienone is 1. The maximum atomic E-state index is 13.8. The number of halogens is 1. The quantitative estimate of drug-likeness (QED) is 0.335. The predicted molar refractivity (Wildman–Crippen MR) is 137 cm³/mol. The number of rotatable bonds is 7. The molecular formula is C29H42FNO5. The summed E-state index contributed by atoms with van der Waals surface area (Å²) in [7, 11) is 1.61. The fourth-order valence-electron chi connectivity index (χ4n) is 7.20. The molecule has 0 amide bonds. The third-order valence-electron chi connectivity index (χ3n) is 9.47. The molecule has 6 nitrogen and oxygen atoms in total. The van der Waals surface area contributed by atoms with Gasteiger partial charge in [-0.1, -0.05) is 39.0 Å². The molecule has 4 rings (SSSR count). The fourth-order valence-corrected chi connectivity index (χ4v) is 7.20. The fraction of sp³-hybridized carbons (Fsp3) is 0.655. The summed E-state index contributed by atoms with van der Waals surface area (Å²) in [5, 5.41) is 44.7. The zero-order valence-electron chi connectivity index (χ0n) is 22.2. The highest BCUT2D eigenvalue weighted by molar-refractivity contribution is 5.45. The first-order valence-corrected chi connectivity index (χ1v) is 13.1. The van der Waals surface area contributed by atoms with Crippen LogP contribution in [0.25, 0.3) is 0 Å². The normalized spacial score (nSPS) is 37.2. The summed E-state index contributed by atoms with van der Waals surface area (Å²) in [4.78, 5) is 1.43.